The zero-order valence-corrected chi connectivity index (χ0v) is 9.90. The molecule has 0 bridgehead atoms. The summed E-state index contributed by atoms with van der Waals surface area (Å²) in [4.78, 5) is 22.4. The molecule has 2 amide bonds. The standard InChI is InChI=1S/C9H10N4O4S/c10-11-7-3-1-2-6(4-7)5-13-9(15)8(14)12-18(13,16)17/h1-4,11H,5,10H2,(H,12,14). The van der Waals surface area contributed by atoms with Gasteiger partial charge >= 0.3 is 22.0 Å². The van der Waals surface area contributed by atoms with E-state index in [1.165, 1.54) is 0 Å². The van der Waals surface area contributed by atoms with Gasteiger partial charge in [0.25, 0.3) is 0 Å². The maximum absolute atomic E-state index is 11.5. The van der Waals surface area contributed by atoms with Crippen molar-refractivity contribution < 1.29 is 18.0 Å². The summed E-state index contributed by atoms with van der Waals surface area (Å²) in [6.07, 6.45) is 0. The van der Waals surface area contributed by atoms with Gasteiger partial charge in [0.1, 0.15) is 0 Å². The summed E-state index contributed by atoms with van der Waals surface area (Å²) < 4.78 is 25.0. The Hall–Kier alpha value is -2.13. The van der Waals surface area contributed by atoms with E-state index in [-0.39, 0.29) is 6.54 Å². The van der Waals surface area contributed by atoms with Crippen molar-refractivity contribution in [2.24, 2.45) is 5.84 Å². The van der Waals surface area contributed by atoms with Gasteiger partial charge in [0.15, 0.2) is 0 Å². The Morgan fingerprint density at radius 3 is 2.61 bits per heavy atom. The molecule has 0 saturated carbocycles. The van der Waals surface area contributed by atoms with Crippen LogP contribution in [0.15, 0.2) is 24.3 Å². The second-order valence-electron chi connectivity index (χ2n) is 3.59. The van der Waals surface area contributed by atoms with E-state index >= 15 is 0 Å². The number of nitrogens with zero attached hydrogens (tertiary/aromatic N) is 1. The highest BCUT2D eigenvalue weighted by Gasteiger charge is 2.41. The summed E-state index contributed by atoms with van der Waals surface area (Å²) in [5.74, 6) is 2.97. The van der Waals surface area contributed by atoms with Gasteiger partial charge in [-0.15, -0.1) is 0 Å². The lowest BCUT2D eigenvalue weighted by Gasteiger charge is -2.13. The van der Waals surface area contributed by atoms with Crippen LogP contribution in [-0.2, 0) is 26.3 Å². The van der Waals surface area contributed by atoms with Crippen molar-refractivity contribution in [3.05, 3.63) is 29.8 Å². The van der Waals surface area contributed by atoms with Crippen molar-refractivity contribution in [3.8, 4) is 0 Å². The molecular formula is C9H10N4O4S. The molecule has 1 aromatic carbocycles. The highest BCUT2D eigenvalue weighted by Crippen LogP contribution is 2.16. The van der Waals surface area contributed by atoms with Crippen LogP contribution in [0.25, 0.3) is 0 Å². The molecule has 9 heteroatoms. The molecule has 1 saturated heterocycles. The van der Waals surface area contributed by atoms with Crippen LogP contribution in [0.4, 0.5) is 5.69 Å². The molecule has 0 radical (unpaired) electrons. The molecule has 1 aliphatic rings. The van der Waals surface area contributed by atoms with Crippen LogP contribution in [0.1, 0.15) is 5.56 Å². The van der Waals surface area contributed by atoms with Crippen LogP contribution in [0, 0.1) is 0 Å². The van der Waals surface area contributed by atoms with Gasteiger partial charge in [-0.25, -0.2) is 9.03 Å². The fourth-order valence-electron chi connectivity index (χ4n) is 1.52. The molecule has 0 aromatic heterocycles. The second kappa shape index (κ2) is 4.27. The van der Waals surface area contributed by atoms with Gasteiger partial charge in [0, 0.05) is 5.69 Å². The number of carbonyl (C=O) groups is 2. The van der Waals surface area contributed by atoms with Crippen LogP contribution in [-0.4, -0.2) is 24.5 Å². The van der Waals surface area contributed by atoms with Gasteiger partial charge in [0.2, 0.25) is 0 Å². The molecule has 0 aliphatic carbocycles. The molecule has 18 heavy (non-hydrogen) atoms. The molecule has 96 valence electrons. The van der Waals surface area contributed by atoms with Crippen molar-refractivity contribution in [1.82, 2.24) is 9.03 Å². The Morgan fingerprint density at radius 1 is 1.33 bits per heavy atom. The molecule has 0 spiro atoms. The van der Waals surface area contributed by atoms with Gasteiger partial charge in [-0.3, -0.25) is 15.4 Å². The van der Waals surface area contributed by atoms with E-state index in [1.807, 2.05) is 0 Å². The number of nitrogen functional groups attached to an aromatic ring is 1. The highest BCUT2D eigenvalue weighted by molar-refractivity contribution is 7.89. The lowest BCUT2D eigenvalue weighted by molar-refractivity contribution is -0.140. The number of carbonyl (C=O) groups excluding carboxylic acids is 2. The largest absolute Gasteiger partial charge is 0.329 e. The first-order valence-electron chi connectivity index (χ1n) is 4.88. The summed E-state index contributed by atoms with van der Waals surface area (Å²) in [7, 11) is -4.07. The zero-order chi connectivity index (χ0) is 13.3. The first-order chi connectivity index (χ1) is 8.44. The lowest BCUT2D eigenvalue weighted by atomic mass is 10.2. The number of nitrogens with two attached hydrogens (primary N) is 1. The number of anilines is 1. The zero-order valence-electron chi connectivity index (χ0n) is 9.08. The van der Waals surface area contributed by atoms with E-state index in [1.54, 1.807) is 29.0 Å². The van der Waals surface area contributed by atoms with Crippen LogP contribution >= 0.6 is 0 Å². The topological polar surface area (TPSA) is 122 Å². The third kappa shape index (κ3) is 2.13. The predicted octanol–water partition coefficient (Wildman–Crippen LogP) is -1.32. The molecule has 4 N–H and O–H groups in total. The SMILES string of the molecule is NNc1cccc(CN2C(=O)C(=O)NS2(=O)=O)c1. The second-order valence-corrected chi connectivity index (χ2v) is 5.19. The van der Waals surface area contributed by atoms with Gasteiger partial charge in [-0.2, -0.15) is 8.42 Å². The summed E-state index contributed by atoms with van der Waals surface area (Å²) >= 11 is 0. The van der Waals surface area contributed by atoms with Crippen molar-refractivity contribution in [1.29, 1.82) is 0 Å². The van der Waals surface area contributed by atoms with Crippen LogP contribution in [0.2, 0.25) is 0 Å². The van der Waals surface area contributed by atoms with Crippen molar-refractivity contribution in [3.63, 3.8) is 0 Å². The van der Waals surface area contributed by atoms with Crippen LogP contribution in [0.3, 0.4) is 0 Å². The number of rotatable bonds is 3. The third-order valence-corrected chi connectivity index (χ3v) is 3.67. The van der Waals surface area contributed by atoms with E-state index in [4.69, 9.17) is 5.84 Å². The minimum atomic E-state index is -4.07. The molecule has 0 atom stereocenters. The first kappa shape index (κ1) is 12.3. The van der Waals surface area contributed by atoms with Gasteiger partial charge in [0.05, 0.1) is 6.54 Å². The Kier molecular flexibility index (Phi) is 2.93. The molecule has 0 unspecified atom stereocenters. The molecular weight excluding hydrogens is 260 g/mol. The Morgan fingerprint density at radius 2 is 2.06 bits per heavy atom. The summed E-state index contributed by atoms with van der Waals surface area (Å²) in [6, 6.07) is 6.51. The average Bonchev–Trinajstić information content (AvgIpc) is 2.52. The quantitative estimate of drug-likeness (QED) is 0.355. The van der Waals surface area contributed by atoms with E-state index in [0.29, 0.717) is 15.6 Å². The van der Waals surface area contributed by atoms with E-state index in [0.717, 1.165) is 0 Å². The fourth-order valence-corrected chi connectivity index (χ4v) is 2.57. The summed E-state index contributed by atoms with van der Waals surface area (Å²) in [5.41, 5.74) is 3.49. The Bertz CT molecular complexity index is 613. The van der Waals surface area contributed by atoms with Crippen LogP contribution < -0.4 is 16.0 Å². The number of benzene rings is 1. The molecule has 1 heterocycles. The number of hydrogen-bond donors (Lipinski definition) is 3. The van der Waals surface area contributed by atoms with E-state index in [9.17, 15) is 18.0 Å². The highest BCUT2D eigenvalue weighted by atomic mass is 32.2. The third-order valence-electron chi connectivity index (χ3n) is 2.35. The number of amides is 2. The summed E-state index contributed by atoms with van der Waals surface area (Å²) in [6.45, 7) is -0.227. The molecule has 1 aliphatic heterocycles. The van der Waals surface area contributed by atoms with Crippen LogP contribution in [0.5, 0.6) is 0 Å². The molecule has 1 aromatic rings. The molecule has 8 nitrogen and oxygen atoms in total. The lowest BCUT2D eigenvalue weighted by Crippen LogP contribution is -2.31. The van der Waals surface area contributed by atoms with Crippen molar-refractivity contribution in [2.45, 2.75) is 6.54 Å². The van der Waals surface area contributed by atoms with Crippen molar-refractivity contribution in [2.75, 3.05) is 5.43 Å². The van der Waals surface area contributed by atoms with E-state index < -0.39 is 22.0 Å². The first-order valence-corrected chi connectivity index (χ1v) is 6.32. The fraction of sp³-hybridized carbons (Fsp3) is 0.111. The van der Waals surface area contributed by atoms with Gasteiger partial charge in [-0.1, -0.05) is 12.1 Å². The monoisotopic (exact) mass is 270 g/mol. The minimum Gasteiger partial charge on any atom is -0.324 e. The smallest absolute Gasteiger partial charge is 0.324 e. The van der Waals surface area contributed by atoms with Gasteiger partial charge in [-0.05, 0) is 17.7 Å². The predicted molar refractivity (Wildman–Crippen MR) is 61.9 cm³/mol. The van der Waals surface area contributed by atoms with Crippen molar-refractivity contribution >= 4 is 27.7 Å². The van der Waals surface area contributed by atoms with Gasteiger partial charge < -0.3 is 5.43 Å². The van der Waals surface area contributed by atoms with E-state index in [2.05, 4.69) is 5.43 Å². The number of hydrazine groups is 1. The Balaban J connectivity index is 2.28. The summed E-state index contributed by atoms with van der Waals surface area (Å²) in [5, 5.41) is 0. The average molecular weight is 270 g/mol. The Labute approximate surface area is 103 Å². The number of hydrogen-bond acceptors (Lipinski definition) is 6. The normalized spacial score (nSPS) is 17.7. The molecule has 1 fully saturated rings. The minimum absolute atomic E-state index is 0.227. The maximum atomic E-state index is 11.5. The number of nitrogens with one attached hydrogen (secondary N) is 2. The molecule has 2 rings (SSSR count). The maximum Gasteiger partial charge on any atom is 0.329 e.